The number of ether oxygens (including phenoxy) is 1. The van der Waals surface area contributed by atoms with E-state index in [4.69, 9.17) is 4.74 Å². The van der Waals surface area contributed by atoms with E-state index < -0.39 is 11.9 Å². The monoisotopic (exact) mass is 488 g/mol. The molecule has 0 saturated heterocycles. The topological polar surface area (TPSA) is 102 Å². The highest BCUT2D eigenvalue weighted by molar-refractivity contribution is 6.00. The van der Waals surface area contributed by atoms with Crippen LogP contribution >= 0.6 is 0 Å². The van der Waals surface area contributed by atoms with Gasteiger partial charge in [-0.05, 0) is 37.9 Å². The maximum atomic E-state index is 13.9. The summed E-state index contributed by atoms with van der Waals surface area (Å²) < 4.78 is 20.7. The van der Waals surface area contributed by atoms with Crippen molar-refractivity contribution in [2.45, 2.75) is 13.7 Å². The normalized spacial score (nSPS) is 11.4. The first-order chi connectivity index (χ1) is 17.3. The summed E-state index contributed by atoms with van der Waals surface area (Å²) in [6, 6.07) is 6.73. The van der Waals surface area contributed by atoms with E-state index in [-0.39, 0.29) is 12.6 Å². The SMILES string of the molecule is CC(=O)OCn1cc(-c2ccnc(F)c2)c2cc(-c3cncc(NC(=O)C=CCN(C)C)c3)cnc21. The Morgan fingerprint density at radius 1 is 1.11 bits per heavy atom. The van der Waals surface area contributed by atoms with Crippen molar-refractivity contribution < 1.29 is 18.7 Å². The Balaban J connectivity index is 1.69. The summed E-state index contributed by atoms with van der Waals surface area (Å²) in [4.78, 5) is 38.0. The smallest absolute Gasteiger partial charge is 0.304 e. The van der Waals surface area contributed by atoms with Gasteiger partial charge in [0.05, 0.1) is 11.9 Å². The van der Waals surface area contributed by atoms with Crippen LogP contribution in [-0.2, 0) is 21.1 Å². The lowest BCUT2D eigenvalue weighted by Crippen LogP contribution is -2.13. The van der Waals surface area contributed by atoms with Crippen molar-refractivity contribution in [3.05, 3.63) is 73.3 Å². The van der Waals surface area contributed by atoms with E-state index >= 15 is 0 Å². The maximum absolute atomic E-state index is 13.9. The lowest BCUT2D eigenvalue weighted by molar-refractivity contribution is -0.144. The average molecular weight is 489 g/mol. The van der Waals surface area contributed by atoms with Gasteiger partial charge in [-0.25, -0.2) is 9.97 Å². The molecule has 0 radical (unpaired) electrons. The number of pyridine rings is 3. The minimum atomic E-state index is -0.607. The zero-order chi connectivity index (χ0) is 25.7. The zero-order valence-electron chi connectivity index (χ0n) is 20.1. The van der Waals surface area contributed by atoms with Crippen molar-refractivity contribution in [3.63, 3.8) is 0 Å². The van der Waals surface area contributed by atoms with Gasteiger partial charge in [0, 0.05) is 72.5 Å². The van der Waals surface area contributed by atoms with E-state index in [1.165, 1.54) is 25.3 Å². The molecule has 0 aliphatic rings. The van der Waals surface area contributed by atoms with Gasteiger partial charge in [0.25, 0.3) is 0 Å². The summed E-state index contributed by atoms with van der Waals surface area (Å²) in [5.41, 5.74) is 3.90. The lowest BCUT2D eigenvalue weighted by Gasteiger charge is -2.08. The van der Waals surface area contributed by atoms with Crippen LogP contribution < -0.4 is 5.32 Å². The van der Waals surface area contributed by atoms with Gasteiger partial charge in [-0.2, -0.15) is 4.39 Å². The molecule has 9 nitrogen and oxygen atoms in total. The molecule has 36 heavy (non-hydrogen) atoms. The molecule has 4 aromatic rings. The van der Waals surface area contributed by atoms with Crippen LogP contribution in [0.15, 0.2) is 67.4 Å². The van der Waals surface area contributed by atoms with Crippen LogP contribution in [0.2, 0.25) is 0 Å². The number of hydrogen-bond acceptors (Lipinski definition) is 7. The molecule has 0 aliphatic carbocycles. The van der Waals surface area contributed by atoms with E-state index in [1.807, 2.05) is 25.1 Å². The number of likely N-dealkylation sites (N-methyl/N-ethyl adjacent to an activating group) is 1. The van der Waals surface area contributed by atoms with Gasteiger partial charge in [-0.3, -0.25) is 19.1 Å². The third-order valence-corrected chi connectivity index (χ3v) is 5.24. The average Bonchev–Trinajstić information content (AvgIpc) is 3.20. The summed E-state index contributed by atoms with van der Waals surface area (Å²) >= 11 is 0. The molecule has 0 spiro atoms. The molecule has 4 heterocycles. The minimum Gasteiger partial charge on any atom is -0.444 e. The predicted molar refractivity (Wildman–Crippen MR) is 134 cm³/mol. The highest BCUT2D eigenvalue weighted by Gasteiger charge is 2.15. The van der Waals surface area contributed by atoms with Crippen LogP contribution in [-0.4, -0.2) is 56.9 Å². The third-order valence-electron chi connectivity index (χ3n) is 5.24. The van der Waals surface area contributed by atoms with Crippen LogP contribution in [0.4, 0.5) is 10.1 Å². The van der Waals surface area contributed by atoms with Crippen molar-refractivity contribution >= 4 is 28.6 Å². The standard InChI is InChI=1S/C26H25FN6O3/c1-17(34)36-16-33-15-23(18-6-7-29-24(27)11-18)22-10-20(13-30-26(22)33)19-9-21(14-28-12-19)31-25(35)5-4-8-32(2)3/h4-7,9-15H,8,16H2,1-3H3,(H,31,35). The second kappa shape index (κ2) is 10.9. The molecule has 4 aromatic heterocycles. The Morgan fingerprint density at radius 3 is 2.67 bits per heavy atom. The van der Waals surface area contributed by atoms with Crippen LogP contribution in [0.25, 0.3) is 33.3 Å². The Labute approximate surface area is 207 Å². The number of esters is 1. The molecule has 0 atom stereocenters. The summed E-state index contributed by atoms with van der Waals surface area (Å²) in [5.74, 6) is -1.29. The number of amides is 1. The van der Waals surface area contributed by atoms with Crippen molar-refractivity contribution in [3.8, 4) is 22.3 Å². The number of hydrogen-bond donors (Lipinski definition) is 1. The molecule has 0 fully saturated rings. The second-order valence-corrected chi connectivity index (χ2v) is 8.36. The molecular formula is C26H25FN6O3. The van der Waals surface area contributed by atoms with E-state index in [9.17, 15) is 14.0 Å². The van der Waals surface area contributed by atoms with E-state index in [2.05, 4.69) is 20.3 Å². The molecule has 10 heteroatoms. The number of rotatable bonds is 8. The quantitative estimate of drug-likeness (QED) is 0.228. The van der Waals surface area contributed by atoms with Gasteiger partial charge < -0.3 is 15.0 Å². The van der Waals surface area contributed by atoms with E-state index in [1.54, 1.807) is 47.6 Å². The number of nitrogens with zero attached hydrogens (tertiary/aromatic N) is 5. The molecule has 1 N–H and O–H groups in total. The summed E-state index contributed by atoms with van der Waals surface area (Å²) in [6.07, 6.45) is 11.3. The number of halogens is 1. The Hall–Kier alpha value is -4.44. The van der Waals surface area contributed by atoms with Crippen LogP contribution in [0, 0.1) is 5.95 Å². The molecular weight excluding hydrogens is 463 g/mol. The van der Waals surface area contributed by atoms with Gasteiger partial charge in [0.15, 0.2) is 6.73 Å². The van der Waals surface area contributed by atoms with Gasteiger partial charge in [-0.15, -0.1) is 0 Å². The number of nitrogens with one attached hydrogen (secondary N) is 1. The van der Waals surface area contributed by atoms with E-state index in [0.29, 0.717) is 29.0 Å². The Kier molecular flexibility index (Phi) is 7.45. The number of fused-ring (bicyclic) bond motifs is 1. The Morgan fingerprint density at radius 2 is 1.92 bits per heavy atom. The highest BCUT2D eigenvalue weighted by Crippen LogP contribution is 2.33. The number of carbonyl (C=O) groups excluding carboxylic acids is 2. The Bertz CT molecular complexity index is 1450. The molecule has 0 unspecified atom stereocenters. The van der Waals surface area contributed by atoms with Crippen molar-refractivity contribution in [2.24, 2.45) is 0 Å². The molecule has 4 rings (SSSR count). The maximum Gasteiger partial charge on any atom is 0.304 e. The number of aromatic nitrogens is 4. The molecule has 184 valence electrons. The molecule has 0 saturated carbocycles. The first-order valence-corrected chi connectivity index (χ1v) is 11.1. The third kappa shape index (κ3) is 5.97. The minimum absolute atomic E-state index is 0.0316. The largest absolute Gasteiger partial charge is 0.444 e. The molecule has 0 aliphatic heterocycles. The van der Waals surface area contributed by atoms with E-state index in [0.717, 1.165) is 16.5 Å². The summed E-state index contributed by atoms with van der Waals surface area (Å²) in [5, 5.41) is 3.54. The van der Waals surface area contributed by atoms with Gasteiger partial charge in [-0.1, -0.05) is 6.08 Å². The fourth-order valence-electron chi connectivity index (χ4n) is 3.61. The number of anilines is 1. The molecule has 1 amide bonds. The van der Waals surface area contributed by atoms with Crippen molar-refractivity contribution in [1.29, 1.82) is 0 Å². The number of carbonyl (C=O) groups is 2. The van der Waals surface area contributed by atoms with Crippen molar-refractivity contribution in [1.82, 2.24) is 24.4 Å². The van der Waals surface area contributed by atoms with Crippen LogP contribution in [0.3, 0.4) is 0 Å². The highest BCUT2D eigenvalue weighted by atomic mass is 19.1. The lowest BCUT2D eigenvalue weighted by atomic mass is 10.0. The van der Waals surface area contributed by atoms with Gasteiger partial charge >= 0.3 is 5.97 Å². The first kappa shape index (κ1) is 24.7. The van der Waals surface area contributed by atoms with Crippen LogP contribution in [0.1, 0.15) is 6.92 Å². The zero-order valence-corrected chi connectivity index (χ0v) is 20.1. The van der Waals surface area contributed by atoms with Gasteiger partial charge in [0.1, 0.15) is 5.65 Å². The van der Waals surface area contributed by atoms with Crippen LogP contribution in [0.5, 0.6) is 0 Å². The fourth-order valence-corrected chi connectivity index (χ4v) is 3.61. The molecule has 0 aromatic carbocycles. The van der Waals surface area contributed by atoms with Gasteiger partial charge in [0.2, 0.25) is 11.9 Å². The fraction of sp³-hybridized carbons (Fsp3) is 0.192. The first-order valence-electron chi connectivity index (χ1n) is 11.1. The summed E-state index contributed by atoms with van der Waals surface area (Å²) in [6.45, 7) is 1.95. The predicted octanol–water partition coefficient (Wildman–Crippen LogP) is 3.88. The second-order valence-electron chi connectivity index (χ2n) is 8.36. The van der Waals surface area contributed by atoms with Crippen molar-refractivity contribution in [2.75, 3.05) is 26.0 Å². The molecule has 0 bridgehead atoms. The summed E-state index contributed by atoms with van der Waals surface area (Å²) in [7, 11) is 3.84.